The first-order valence-corrected chi connectivity index (χ1v) is 4.40. The topological polar surface area (TPSA) is 48.8 Å². The van der Waals surface area contributed by atoms with Crippen molar-refractivity contribution in [1.29, 1.82) is 0 Å². The minimum Gasteiger partial charge on any atom is -0.0861 e. The number of hydrogen-bond acceptors (Lipinski definition) is 1. The second-order valence-corrected chi connectivity index (χ2v) is 3.33. The molecule has 0 spiro atoms. The van der Waals surface area contributed by atoms with Gasteiger partial charge in [-0.3, -0.25) is 0 Å². The van der Waals surface area contributed by atoms with E-state index in [-0.39, 0.29) is 6.04 Å². The summed E-state index contributed by atoms with van der Waals surface area (Å²) in [6, 6.07) is 4.83. The number of rotatable bonds is 2. The van der Waals surface area contributed by atoms with Gasteiger partial charge in [-0.1, -0.05) is 41.3 Å². The first-order chi connectivity index (χ1) is 6.16. The Bertz CT molecular complexity index is 338. The van der Waals surface area contributed by atoms with Crippen molar-refractivity contribution in [1.82, 2.24) is 0 Å². The van der Waals surface area contributed by atoms with Gasteiger partial charge in [0.1, 0.15) is 0 Å². The second kappa shape index (κ2) is 4.38. The van der Waals surface area contributed by atoms with E-state index in [4.69, 9.17) is 28.7 Å². The molecule has 1 rings (SSSR count). The summed E-state index contributed by atoms with van der Waals surface area (Å²) in [5.74, 6) is 0. The molecule has 0 heterocycles. The van der Waals surface area contributed by atoms with Crippen LogP contribution in [-0.4, -0.2) is 0 Å². The van der Waals surface area contributed by atoms with Gasteiger partial charge in [0.05, 0.1) is 6.04 Å². The summed E-state index contributed by atoms with van der Waals surface area (Å²) in [4.78, 5) is 2.70. The Balaban J connectivity index is 3.19. The fraction of sp³-hybridized carbons (Fsp3) is 0.250. The fourth-order valence-electron chi connectivity index (χ4n) is 1.05. The van der Waals surface area contributed by atoms with E-state index in [9.17, 15) is 0 Å². The van der Waals surface area contributed by atoms with E-state index in [1.807, 2.05) is 0 Å². The third-order valence-corrected chi connectivity index (χ3v) is 2.30. The largest absolute Gasteiger partial charge is 0.0861 e. The van der Waals surface area contributed by atoms with E-state index >= 15 is 0 Å². The maximum Gasteiger partial charge on any atom is 0.0626 e. The van der Waals surface area contributed by atoms with E-state index < -0.39 is 0 Å². The van der Waals surface area contributed by atoms with Crippen LogP contribution in [0.4, 0.5) is 0 Å². The van der Waals surface area contributed by atoms with Gasteiger partial charge < -0.3 is 0 Å². The van der Waals surface area contributed by atoms with Crippen LogP contribution in [0.3, 0.4) is 0 Å². The molecule has 0 aliphatic heterocycles. The lowest BCUT2D eigenvalue weighted by Crippen LogP contribution is -1.90. The van der Waals surface area contributed by atoms with Crippen molar-refractivity contribution in [2.24, 2.45) is 5.11 Å². The van der Waals surface area contributed by atoms with Gasteiger partial charge in [0, 0.05) is 15.0 Å². The summed E-state index contributed by atoms with van der Waals surface area (Å²) in [6.07, 6.45) is 0. The van der Waals surface area contributed by atoms with Crippen molar-refractivity contribution < 1.29 is 0 Å². The standard InChI is InChI=1S/C8H7Cl2N3/c1-5(12-13-11)8-6(9)3-2-4-7(8)10/h2-5H,1H3/t5-/m0/s1. The van der Waals surface area contributed by atoms with Gasteiger partial charge in [-0.25, -0.2) is 0 Å². The monoisotopic (exact) mass is 215 g/mol. The van der Waals surface area contributed by atoms with Crippen molar-refractivity contribution in [2.45, 2.75) is 13.0 Å². The maximum absolute atomic E-state index is 8.25. The number of hydrogen-bond donors (Lipinski definition) is 0. The number of benzene rings is 1. The molecule has 13 heavy (non-hydrogen) atoms. The van der Waals surface area contributed by atoms with Crippen LogP contribution in [0.5, 0.6) is 0 Å². The van der Waals surface area contributed by atoms with Crippen molar-refractivity contribution in [2.75, 3.05) is 0 Å². The second-order valence-electron chi connectivity index (χ2n) is 2.52. The Morgan fingerprint density at radius 2 is 1.92 bits per heavy atom. The van der Waals surface area contributed by atoms with E-state index in [2.05, 4.69) is 10.0 Å². The van der Waals surface area contributed by atoms with Gasteiger partial charge >= 0.3 is 0 Å². The molecule has 0 aromatic heterocycles. The lowest BCUT2D eigenvalue weighted by atomic mass is 10.1. The third-order valence-electron chi connectivity index (χ3n) is 1.64. The average Bonchev–Trinajstić information content (AvgIpc) is 2.04. The molecule has 68 valence electrons. The van der Waals surface area contributed by atoms with Crippen LogP contribution < -0.4 is 0 Å². The van der Waals surface area contributed by atoms with Gasteiger partial charge in [0.25, 0.3) is 0 Å². The summed E-state index contributed by atoms with van der Waals surface area (Å²) in [5.41, 5.74) is 8.92. The highest BCUT2D eigenvalue weighted by Gasteiger charge is 2.11. The van der Waals surface area contributed by atoms with Gasteiger partial charge in [-0.2, -0.15) is 0 Å². The van der Waals surface area contributed by atoms with E-state index in [0.29, 0.717) is 15.6 Å². The zero-order valence-electron chi connectivity index (χ0n) is 6.91. The predicted molar refractivity (Wildman–Crippen MR) is 54.0 cm³/mol. The minimum atomic E-state index is -0.341. The SMILES string of the molecule is C[C@H](N=[N+]=[N-])c1c(Cl)cccc1Cl. The highest BCUT2D eigenvalue weighted by atomic mass is 35.5. The minimum absolute atomic E-state index is 0.341. The molecule has 0 amide bonds. The van der Waals surface area contributed by atoms with Crippen LogP contribution in [0.2, 0.25) is 10.0 Å². The molecule has 0 aliphatic rings. The predicted octanol–water partition coefficient (Wildman–Crippen LogP) is 4.36. The Labute approximate surface area is 85.9 Å². The van der Waals surface area contributed by atoms with Crippen LogP contribution in [-0.2, 0) is 0 Å². The normalized spacial score (nSPS) is 11.9. The molecular weight excluding hydrogens is 209 g/mol. The van der Waals surface area contributed by atoms with Gasteiger partial charge in [-0.15, -0.1) is 0 Å². The summed E-state index contributed by atoms with van der Waals surface area (Å²) >= 11 is 11.8. The van der Waals surface area contributed by atoms with Crippen LogP contribution in [0.15, 0.2) is 23.3 Å². The first-order valence-electron chi connectivity index (χ1n) is 3.65. The van der Waals surface area contributed by atoms with Crippen molar-refractivity contribution in [3.8, 4) is 0 Å². The van der Waals surface area contributed by atoms with Gasteiger partial charge in [0.15, 0.2) is 0 Å². The summed E-state index contributed by atoms with van der Waals surface area (Å²) in [5, 5.41) is 4.57. The van der Waals surface area contributed by atoms with Crippen LogP contribution in [0.25, 0.3) is 10.4 Å². The molecule has 0 unspecified atom stereocenters. The third kappa shape index (κ3) is 2.28. The highest BCUT2D eigenvalue weighted by molar-refractivity contribution is 6.36. The molecule has 0 radical (unpaired) electrons. The molecule has 1 aromatic carbocycles. The molecule has 0 saturated heterocycles. The number of halogens is 2. The molecule has 0 saturated carbocycles. The molecule has 1 aromatic rings. The van der Waals surface area contributed by atoms with Crippen molar-refractivity contribution in [3.63, 3.8) is 0 Å². The fourth-order valence-corrected chi connectivity index (χ4v) is 1.76. The average molecular weight is 216 g/mol. The van der Waals surface area contributed by atoms with Crippen molar-refractivity contribution in [3.05, 3.63) is 44.3 Å². The Morgan fingerprint density at radius 1 is 1.38 bits per heavy atom. The van der Waals surface area contributed by atoms with Crippen LogP contribution >= 0.6 is 23.2 Å². The molecule has 5 heteroatoms. The van der Waals surface area contributed by atoms with Crippen molar-refractivity contribution >= 4 is 23.2 Å². The smallest absolute Gasteiger partial charge is 0.0626 e. The number of azide groups is 1. The summed E-state index contributed by atoms with van der Waals surface area (Å²) in [7, 11) is 0. The van der Waals surface area contributed by atoms with Gasteiger partial charge in [-0.05, 0) is 23.2 Å². The lowest BCUT2D eigenvalue weighted by molar-refractivity contribution is 0.808. The molecular formula is C8H7Cl2N3. The summed E-state index contributed by atoms with van der Waals surface area (Å²) in [6.45, 7) is 1.74. The Morgan fingerprint density at radius 3 is 2.38 bits per heavy atom. The van der Waals surface area contributed by atoms with E-state index in [1.54, 1.807) is 25.1 Å². The first kappa shape index (κ1) is 10.2. The van der Waals surface area contributed by atoms with Crippen LogP contribution in [0, 0.1) is 0 Å². The quantitative estimate of drug-likeness (QED) is 0.400. The van der Waals surface area contributed by atoms with E-state index in [0.717, 1.165) is 0 Å². The van der Waals surface area contributed by atoms with E-state index in [1.165, 1.54) is 0 Å². The molecule has 0 fully saturated rings. The zero-order chi connectivity index (χ0) is 9.84. The molecule has 1 atom stereocenters. The lowest BCUT2D eigenvalue weighted by Gasteiger charge is -2.09. The molecule has 0 N–H and O–H groups in total. The maximum atomic E-state index is 8.25. The molecule has 0 aliphatic carbocycles. The van der Waals surface area contributed by atoms with Crippen LogP contribution in [0.1, 0.15) is 18.5 Å². The highest BCUT2D eigenvalue weighted by Crippen LogP contribution is 2.31. The van der Waals surface area contributed by atoms with Gasteiger partial charge in [0.2, 0.25) is 0 Å². The number of nitrogens with zero attached hydrogens (tertiary/aromatic N) is 3. The Kier molecular flexibility index (Phi) is 3.43. The summed E-state index contributed by atoms with van der Waals surface area (Å²) < 4.78 is 0. The zero-order valence-corrected chi connectivity index (χ0v) is 8.42. The Hall–Kier alpha value is -0.890. The molecule has 3 nitrogen and oxygen atoms in total. The molecule has 0 bridgehead atoms.